The average Bonchev–Trinajstić information content (AvgIpc) is 2.52. The molecule has 1 aliphatic heterocycles. The van der Waals surface area contributed by atoms with E-state index in [0.29, 0.717) is 10.9 Å². The number of benzene rings is 1. The number of aliphatic hydroxyl groups is 1. The number of pyridine rings is 1. The van der Waals surface area contributed by atoms with Gasteiger partial charge in [0.2, 0.25) is 5.72 Å². The summed E-state index contributed by atoms with van der Waals surface area (Å²) in [6, 6.07) is 5.37. The molecule has 0 saturated carbocycles. The highest BCUT2D eigenvalue weighted by molar-refractivity contribution is 5.87. The smallest absolute Gasteiger partial charge is 0.363 e. The van der Waals surface area contributed by atoms with Crippen LogP contribution in [0.4, 0.5) is 18.0 Å². The van der Waals surface area contributed by atoms with Gasteiger partial charge in [0.1, 0.15) is 5.78 Å². The van der Waals surface area contributed by atoms with Gasteiger partial charge in [-0.3, -0.25) is 9.78 Å². The number of nitrogens with zero attached hydrogens (tertiary/aromatic N) is 1. The zero-order valence-corrected chi connectivity index (χ0v) is 13.0. The van der Waals surface area contributed by atoms with E-state index in [1.807, 2.05) is 0 Å². The second kappa shape index (κ2) is 5.69. The highest BCUT2D eigenvalue weighted by atomic mass is 19.4. The quantitative estimate of drug-likeness (QED) is 0.771. The van der Waals surface area contributed by atoms with Gasteiger partial charge in [-0.1, -0.05) is 12.1 Å². The molecule has 1 fully saturated rings. The third-order valence-electron chi connectivity index (χ3n) is 4.23. The number of nitrogens with one attached hydrogen (secondary N) is 2. The van der Waals surface area contributed by atoms with Crippen molar-refractivity contribution < 1.29 is 27.9 Å². The Kier molecular flexibility index (Phi) is 3.91. The van der Waals surface area contributed by atoms with E-state index in [1.54, 1.807) is 24.4 Å². The maximum Gasteiger partial charge on any atom is 0.437 e. The Labute approximate surface area is 140 Å². The molecular formula is C16H14F3N3O3. The zero-order valence-electron chi connectivity index (χ0n) is 13.0. The molecule has 9 heteroatoms. The Bertz CT molecular complexity index is 855. The second-order valence-corrected chi connectivity index (χ2v) is 5.88. The summed E-state index contributed by atoms with van der Waals surface area (Å²) < 4.78 is 40.2. The summed E-state index contributed by atoms with van der Waals surface area (Å²) in [5.74, 6) is -2.86. The summed E-state index contributed by atoms with van der Waals surface area (Å²) in [6.07, 6.45) is -3.66. The third-order valence-corrected chi connectivity index (χ3v) is 4.23. The number of carbonyl (C=O) groups is 2. The number of hydrogen-bond acceptors (Lipinski definition) is 4. The van der Waals surface area contributed by atoms with Crippen molar-refractivity contribution in [2.75, 3.05) is 0 Å². The molecule has 1 aliphatic rings. The molecule has 25 heavy (non-hydrogen) atoms. The van der Waals surface area contributed by atoms with E-state index in [1.165, 1.54) is 17.4 Å². The van der Waals surface area contributed by atoms with Crippen molar-refractivity contribution in [3.8, 4) is 0 Å². The number of amides is 2. The molecular weight excluding hydrogens is 339 g/mol. The molecule has 6 nitrogen and oxygen atoms in total. The average molecular weight is 353 g/mol. The van der Waals surface area contributed by atoms with Crippen molar-refractivity contribution in [1.29, 1.82) is 0 Å². The minimum Gasteiger partial charge on any atom is -0.363 e. The van der Waals surface area contributed by atoms with Gasteiger partial charge < -0.3 is 15.7 Å². The molecule has 2 amide bonds. The van der Waals surface area contributed by atoms with Crippen LogP contribution >= 0.6 is 0 Å². The monoisotopic (exact) mass is 353 g/mol. The number of alkyl halides is 3. The zero-order chi connectivity index (χ0) is 18.4. The van der Waals surface area contributed by atoms with Crippen LogP contribution in [0, 0.1) is 5.92 Å². The lowest BCUT2D eigenvalue weighted by Crippen LogP contribution is -2.72. The Balaban J connectivity index is 2.14. The van der Waals surface area contributed by atoms with Crippen LogP contribution in [0.15, 0.2) is 36.5 Å². The first-order chi connectivity index (χ1) is 11.6. The molecule has 2 heterocycles. The molecule has 1 aromatic heterocycles. The highest BCUT2D eigenvalue weighted by Gasteiger charge is 2.65. The SMILES string of the molecule is CC(=O)[C@@H]1[C@@H](c2ccc3ncccc3c2)NC(=O)N[C@@]1(O)C(F)(F)F. The molecule has 0 spiro atoms. The fourth-order valence-electron chi connectivity index (χ4n) is 3.09. The number of Topliss-reactive ketones (excluding diaryl/α,β-unsaturated/α-hetero) is 1. The van der Waals surface area contributed by atoms with E-state index in [2.05, 4.69) is 10.3 Å². The Morgan fingerprint density at radius 1 is 1.32 bits per heavy atom. The molecule has 0 radical (unpaired) electrons. The van der Waals surface area contributed by atoms with Crippen molar-refractivity contribution in [3.63, 3.8) is 0 Å². The topological polar surface area (TPSA) is 91.3 Å². The number of carbonyl (C=O) groups excluding carboxylic acids is 2. The molecule has 2 aromatic rings. The van der Waals surface area contributed by atoms with Crippen molar-refractivity contribution in [3.05, 3.63) is 42.1 Å². The molecule has 1 aromatic carbocycles. The number of fused-ring (bicyclic) bond motifs is 1. The van der Waals surface area contributed by atoms with Gasteiger partial charge in [-0.05, 0) is 30.7 Å². The first kappa shape index (κ1) is 17.2. The third kappa shape index (κ3) is 2.80. The lowest BCUT2D eigenvalue weighted by atomic mass is 9.79. The maximum atomic E-state index is 13.4. The van der Waals surface area contributed by atoms with Gasteiger partial charge in [-0.25, -0.2) is 4.79 Å². The molecule has 3 atom stereocenters. The van der Waals surface area contributed by atoms with Crippen LogP contribution in [0.25, 0.3) is 10.9 Å². The van der Waals surface area contributed by atoms with Crippen LogP contribution in [0.5, 0.6) is 0 Å². The fraction of sp³-hybridized carbons (Fsp3) is 0.312. The Hall–Kier alpha value is -2.68. The Morgan fingerprint density at radius 3 is 2.68 bits per heavy atom. The standard InChI is InChI=1S/C16H14F3N3O3/c1-8(23)12-13(21-14(24)22-15(12,25)16(17,18)19)10-4-5-11-9(7-10)3-2-6-20-11/h2-7,12-13,25H,1H3,(H2,21,22,24)/t12-,13-,15+/m1/s1. The highest BCUT2D eigenvalue weighted by Crippen LogP contribution is 2.43. The summed E-state index contributed by atoms with van der Waals surface area (Å²) in [7, 11) is 0. The molecule has 0 unspecified atom stereocenters. The fourth-order valence-corrected chi connectivity index (χ4v) is 3.09. The van der Waals surface area contributed by atoms with Crippen molar-refractivity contribution >= 4 is 22.7 Å². The number of aromatic nitrogens is 1. The van der Waals surface area contributed by atoms with Gasteiger partial charge in [-0.15, -0.1) is 0 Å². The van der Waals surface area contributed by atoms with E-state index >= 15 is 0 Å². The van der Waals surface area contributed by atoms with Crippen LogP contribution in [-0.2, 0) is 4.79 Å². The molecule has 132 valence electrons. The first-order valence-corrected chi connectivity index (χ1v) is 7.36. The summed E-state index contributed by atoms with van der Waals surface area (Å²) in [4.78, 5) is 27.8. The van der Waals surface area contributed by atoms with Gasteiger partial charge in [0.05, 0.1) is 17.5 Å². The molecule has 0 bridgehead atoms. The summed E-state index contributed by atoms with van der Waals surface area (Å²) in [5, 5.41) is 14.5. The van der Waals surface area contributed by atoms with Crippen molar-refractivity contribution in [2.24, 2.45) is 5.92 Å². The molecule has 3 N–H and O–H groups in total. The van der Waals surface area contributed by atoms with Crippen molar-refractivity contribution in [2.45, 2.75) is 24.9 Å². The molecule has 1 saturated heterocycles. The van der Waals surface area contributed by atoms with Crippen LogP contribution in [0.3, 0.4) is 0 Å². The second-order valence-electron chi connectivity index (χ2n) is 5.88. The number of rotatable bonds is 2. The van der Waals surface area contributed by atoms with E-state index in [0.717, 1.165) is 6.92 Å². The number of ketones is 1. The number of urea groups is 1. The van der Waals surface area contributed by atoms with Gasteiger partial charge in [-0.2, -0.15) is 13.2 Å². The largest absolute Gasteiger partial charge is 0.437 e. The van der Waals surface area contributed by atoms with Gasteiger partial charge in [0.15, 0.2) is 0 Å². The number of halogens is 3. The van der Waals surface area contributed by atoms with E-state index in [-0.39, 0.29) is 5.56 Å². The maximum absolute atomic E-state index is 13.4. The summed E-state index contributed by atoms with van der Waals surface area (Å²) in [6.45, 7) is 0.941. The normalized spacial score (nSPS) is 26.8. The van der Waals surface area contributed by atoms with Crippen LogP contribution in [0.2, 0.25) is 0 Å². The Morgan fingerprint density at radius 2 is 2.04 bits per heavy atom. The molecule has 0 aliphatic carbocycles. The van der Waals surface area contributed by atoms with Crippen molar-refractivity contribution in [1.82, 2.24) is 15.6 Å². The van der Waals surface area contributed by atoms with Gasteiger partial charge in [0.25, 0.3) is 0 Å². The molecule has 3 rings (SSSR count). The predicted molar refractivity (Wildman–Crippen MR) is 81.3 cm³/mol. The summed E-state index contributed by atoms with van der Waals surface area (Å²) >= 11 is 0. The lowest BCUT2D eigenvalue weighted by Gasteiger charge is -2.44. The van der Waals surface area contributed by atoms with Crippen LogP contribution < -0.4 is 10.6 Å². The van der Waals surface area contributed by atoms with Gasteiger partial charge >= 0.3 is 12.2 Å². The lowest BCUT2D eigenvalue weighted by molar-refractivity contribution is -0.290. The van der Waals surface area contributed by atoms with E-state index < -0.39 is 35.7 Å². The predicted octanol–water partition coefficient (Wildman–Crippen LogP) is 2.04. The minimum atomic E-state index is -5.22. The number of hydrogen-bond donors (Lipinski definition) is 3. The minimum absolute atomic E-state index is 0.262. The first-order valence-electron chi connectivity index (χ1n) is 7.36. The van der Waals surface area contributed by atoms with Crippen LogP contribution in [0.1, 0.15) is 18.5 Å². The van der Waals surface area contributed by atoms with E-state index in [4.69, 9.17) is 0 Å². The van der Waals surface area contributed by atoms with Crippen LogP contribution in [-0.4, -0.2) is 33.8 Å². The summed E-state index contributed by atoms with van der Waals surface area (Å²) in [5.41, 5.74) is -2.79. The van der Waals surface area contributed by atoms with E-state index in [9.17, 15) is 27.9 Å². The van der Waals surface area contributed by atoms with Gasteiger partial charge in [0, 0.05) is 11.6 Å².